The Labute approximate surface area is 112 Å². The number of aryl methyl sites for hydroxylation is 1. The minimum absolute atomic E-state index is 0.650. The average molecular weight is 261 g/mol. The van der Waals surface area contributed by atoms with Crippen LogP contribution in [0.3, 0.4) is 0 Å². The number of H-pyrrole nitrogens is 1. The zero-order chi connectivity index (χ0) is 13.0. The fourth-order valence-electron chi connectivity index (χ4n) is 2.02. The van der Waals surface area contributed by atoms with E-state index in [9.17, 15) is 0 Å². The number of nitrogens with zero attached hydrogens (tertiary/aromatic N) is 1. The number of benzene rings is 1. The largest absolute Gasteiger partial charge is 0.330 e. The van der Waals surface area contributed by atoms with Gasteiger partial charge in [-0.25, -0.2) is 0 Å². The summed E-state index contributed by atoms with van der Waals surface area (Å²) in [6.07, 6.45) is 0.864. The molecule has 0 unspecified atom stereocenters. The predicted molar refractivity (Wildman–Crippen MR) is 77.9 cm³/mol. The molecule has 1 aromatic heterocycles. The summed E-state index contributed by atoms with van der Waals surface area (Å²) in [5, 5.41) is 7.44. The van der Waals surface area contributed by atoms with E-state index in [1.807, 2.05) is 18.7 Å². The maximum atomic E-state index is 5.65. The van der Waals surface area contributed by atoms with Gasteiger partial charge in [0.25, 0.3) is 0 Å². The van der Waals surface area contributed by atoms with Gasteiger partial charge in [-0.2, -0.15) is 5.10 Å². The van der Waals surface area contributed by atoms with E-state index >= 15 is 0 Å². The van der Waals surface area contributed by atoms with Gasteiger partial charge >= 0.3 is 0 Å². The highest BCUT2D eigenvalue weighted by Crippen LogP contribution is 2.26. The molecule has 0 saturated carbocycles. The van der Waals surface area contributed by atoms with Crippen molar-refractivity contribution in [3.63, 3.8) is 0 Å². The number of aromatic amines is 1. The first-order valence-corrected chi connectivity index (χ1v) is 7.22. The third kappa shape index (κ3) is 2.76. The van der Waals surface area contributed by atoms with Crippen LogP contribution in [0.2, 0.25) is 0 Å². The highest BCUT2D eigenvalue weighted by Gasteiger charge is 2.11. The van der Waals surface area contributed by atoms with Crippen LogP contribution in [0, 0.1) is 6.92 Å². The second-order valence-corrected chi connectivity index (χ2v) is 5.51. The molecule has 0 atom stereocenters. The minimum atomic E-state index is 0.650. The summed E-state index contributed by atoms with van der Waals surface area (Å²) in [6, 6.07) is 8.57. The number of nitrogens with one attached hydrogen (secondary N) is 1. The Bertz CT molecular complexity index is 502. The summed E-state index contributed by atoms with van der Waals surface area (Å²) in [5.41, 5.74) is 10.2. The van der Waals surface area contributed by atoms with E-state index in [0.29, 0.717) is 6.54 Å². The highest BCUT2D eigenvalue weighted by molar-refractivity contribution is 7.99. The first kappa shape index (κ1) is 13.2. The van der Waals surface area contributed by atoms with E-state index in [-0.39, 0.29) is 0 Å². The molecule has 96 valence electrons. The molecule has 4 heteroatoms. The van der Waals surface area contributed by atoms with Crippen LogP contribution in [0.4, 0.5) is 0 Å². The molecule has 18 heavy (non-hydrogen) atoms. The molecule has 0 bridgehead atoms. The topological polar surface area (TPSA) is 54.7 Å². The normalized spacial score (nSPS) is 10.8. The molecule has 1 heterocycles. The summed E-state index contributed by atoms with van der Waals surface area (Å²) >= 11 is 1.85. The SMILES string of the molecule is CCSc1ccc(-c2n[nH]c(C)c2CCN)cc1. The van der Waals surface area contributed by atoms with Gasteiger partial charge in [-0.3, -0.25) is 5.10 Å². The van der Waals surface area contributed by atoms with Gasteiger partial charge in [-0.1, -0.05) is 19.1 Å². The quantitative estimate of drug-likeness (QED) is 0.814. The van der Waals surface area contributed by atoms with Gasteiger partial charge in [-0.15, -0.1) is 11.8 Å². The van der Waals surface area contributed by atoms with Gasteiger partial charge in [0.15, 0.2) is 0 Å². The Balaban J connectivity index is 2.30. The number of thioether (sulfide) groups is 1. The summed E-state index contributed by atoms with van der Waals surface area (Å²) in [4.78, 5) is 1.30. The standard InChI is InChI=1S/C14H19N3S/c1-3-18-12-6-4-11(5-7-12)14-13(8-9-15)10(2)16-17-14/h4-7H,3,8-9,15H2,1-2H3,(H,16,17). The van der Waals surface area contributed by atoms with Gasteiger partial charge in [0.05, 0.1) is 5.69 Å². The van der Waals surface area contributed by atoms with Crippen molar-refractivity contribution < 1.29 is 0 Å². The van der Waals surface area contributed by atoms with Crippen molar-refractivity contribution in [3.8, 4) is 11.3 Å². The van der Waals surface area contributed by atoms with Crippen LogP contribution in [0.15, 0.2) is 29.2 Å². The lowest BCUT2D eigenvalue weighted by Crippen LogP contribution is -2.04. The van der Waals surface area contributed by atoms with Crippen LogP contribution in [0.25, 0.3) is 11.3 Å². The molecule has 2 aromatic rings. The Kier molecular flexibility index (Phi) is 4.44. The highest BCUT2D eigenvalue weighted by atomic mass is 32.2. The third-order valence-corrected chi connectivity index (χ3v) is 3.80. The van der Waals surface area contributed by atoms with E-state index in [1.165, 1.54) is 10.5 Å². The Morgan fingerprint density at radius 3 is 2.61 bits per heavy atom. The molecular weight excluding hydrogens is 242 g/mol. The van der Waals surface area contributed by atoms with Crippen LogP contribution in [-0.2, 0) is 6.42 Å². The van der Waals surface area contributed by atoms with Crippen LogP contribution >= 0.6 is 11.8 Å². The molecule has 0 amide bonds. The first-order chi connectivity index (χ1) is 8.76. The molecule has 0 radical (unpaired) electrons. The summed E-state index contributed by atoms with van der Waals surface area (Å²) in [7, 11) is 0. The van der Waals surface area contributed by atoms with Crippen LogP contribution in [0.5, 0.6) is 0 Å². The van der Waals surface area contributed by atoms with Crippen molar-refractivity contribution in [3.05, 3.63) is 35.5 Å². The lowest BCUT2D eigenvalue weighted by molar-refractivity contribution is 0.957. The van der Waals surface area contributed by atoms with Crippen molar-refractivity contribution in [2.24, 2.45) is 5.73 Å². The fraction of sp³-hybridized carbons (Fsp3) is 0.357. The molecule has 0 fully saturated rings. The number of hydrogen-bond donors (Lipinski definition) is 2. The van der Waals surface area contributed by atoms with Gasteiger partial charge < -0.3 is 5.73 Å². The maximum absolute atomic E-state index is 5.65. The van der Waals surface area contributed by atoms with Crippen molar-refractivity contribution in [1.29, 1.82) is 0 Å². The molecule has 3 N–H and O–H groups in total. The van der Waals surface area contributed by atoms with Crippen molar-refractivity contribution in [2.75, 3.05) is 12.3 Å². The molecule has 0 aliphatic carbocycles. The molecular formula is C14H19N3S. The molecule has 0 aliphatic rings. The molecule has 0 aliphatic heterocycles. The van der Waals surface area contributed by atoms with Crippen LogP contribution < -0.4 is 5.73 Å². The van der Waals surface area contributed by atoms with E-state index in [4.69, 9.17) is 5.73 Å². The van der Waals surface area contributed by atoms with Crippen LogP contribution in [0.1, 0.15) is 18.2 Å². The molecule has 3 nitrogen and oxygen atoms in total. The lowest BCUT2D eigenvalue weighted by atomic mass is 10.0. The summed E-state index contributed by atoms with van der Waals surface area (Å²) in [5.74, 6) is 1.10. The molecule has 0 saturated heterocycles. The van der Waals surface area contributed by atoms with E-state index < -0.39 is 0 Å². The third-order valence-electron chi connectivity index (χ3n) is 2.91. The second kappa shape index (κ2) is 6.07. The van der Waals surface area contributed by atoms with Gasteiger partial charge in [-0.05, 0) is 37.8 Å². The number of hydrogen-bond acceptors (Lipinski definition) is 3. The average Bonchev–Trinajstić information content (AvgIpc) is 2.73. The molecule has 0 spiro atoms. The van der Waals surface area contributed by atoms with Crippen LogP contribution in [-0.4, -0.2) is 22.5 Å². The van der Waals surface area contributed by atoms with Gasteiger partial charge in [0.1, 0.15) is 0 Å². The zero-order valence-corrected chi connectivity index (χ0v) is 11.7. The van der Waals surface area contributed by atoms with Gasteiger partial charge in [0.2, 0.25) is 0 Å². The van der Waals surface area contributed by atoms with Gasteiger partial charge in [0, 0.05) is 21.7 Å². The van der Waals surface area contributed by atoms with Crippen molar-refractivity contribution in [2.45, 2.75) is 25.2 Å². The molecule has 1 aromatic carbocycles. The van der Waals surface area contributed by atoms with E-state index in [1.54, 1.807) is 0 Å². The van der Waals surface area contributed by atoms with Crippen molar-refractivity contribution >= 4 is 11.8 Å². The smallest absolute Gasteiger partial charge is 0.0955 e. The minimum Gasteiger partial charge on any atom is -0.330 e. The second-order valence-electron chi connectivity index (χ2n) is 4.17. The number of rotatable bonds is 5. The number of aromatic nitrogens is 2. The first-order valence-electron chi connectivity index (χ1n) is 6.23. The maximum Gasteiger partial charge on any atom is 0.0955 e. The summed E-state index contributed by atoms with van der Waals surface area (Å²) < 4.78 is 0. The predicted octanol–water partition coefficient (Wildman–Crippen LogP) is 3.00. The fourth-order valence-corrected chi connectivity index (χ4v) is 2.68. The monoisotopic (exact) mass is 261 g/mol. The Morgan fingerprint density at radius 2 is 2.00 bits per heavy atom. The van der Waals surface area contributed by atoms with E-state index in [2.05, 4.69) is 41.4 Å². The lowest BCUT2D eigenvalue weighted by Gasteiger charge is -2.04. The summed E-state index contributed by atoms with van der Waals surface area (Å²) in [6.45, 7) is 4.86. The number of nitrogens with two attached hydrogens (primary N) is 1. The zero-order valence-electron chi connectivity index (χ0n) is 10.9. The molecule has 2 rings (SSSR count). The Morgan fingerprint density at radius 1 is 1.28 bits per heavy atom. The Hall–Kier alpha value is -1.26. The van der Waals surface area contributed by atoms with Crippen molar-refractivity contribution in [1.82, 2.24) is 10.2 Å². The van der Waals surface area contributed by atoms with E-state index in [0.717, 1.165) is 29.1 Å².